The van der Waals surface area contributed by atoms with Crippen molar-refractivity contribution in [3.05, 3.63) is 0 Å². The summed E-state index contributed by atoms with van der Waals surface area (Å²) in [6, 6.07) is -0.111. The van der Waals surface area contributed by atoms with Crippen molar-refractivity contribution >= 4 is 6.09 Å². The minimum absolute atomic E-state index is 0.111. The van der Waals surface area contributed by atoms with Crippen LogP contribution in [0, 0.1) is 0 Å². The lowest BCUT2D eigenvalue weighted by atomic mass is 10.2. The van der Waals surface area contributed by atoms with Crippen LogP contribution in [0.25, 0.3) is 0 Å². The summed E-state index contributed by atoms with van der Waals surface area (Å²) in [4.78, 5) is 11.3. The molecule has 0 fully saturated rings. The maximum Gasteiger partial charge on any atom is 0.407 e. The van der Waals surface area contributed by atoms with Crippen LogP contribution >= 0.6 is 0 Å². The average molecular weight is 248 g/mol. The van der Waals surface area contributed by atoms with E-state index >= 15 is 0 Å². The van der Waals surface area contributed by atoms with E-state index in [9.17, 15) is 4.79 Å². The highest BCUT2D eigenvalue weighted by Crippen LogP contribution is 2.06. The summed E-state index contributed by atoms with van der Waals surface area (Å²) < 4.78 is 9.98. The maximum atomic E-state index is 11.3. The zero-order valence-corrected chi connectivity index (χ0v) is 11.1. The topological polar surface area (TPSA) is 79.8 Å². The average Bonchev–Trinajstić information content (AvgIpc) is 2.20. The van der Waals surface area contributed by atoms with Crippen LogP contribution in [-0.2, 0) is 9.47 Å². The number of amides is 1. The predicted molar refractivity (Wildman–Crippen MR) is 64.1 cm³/mol. The Hall–Kier alpha value is -0.850. The fraction of sp³-hybridized carbons (Fsp3) is 0.909. The lowest BCUT2D eigenvalue weighted by molar-refractivity contribution is 0.0518. The second-order valence-electron chi connectivity index (χ2n) is 4.85. The summed E-state index contributed by atoms with van der Waals surface area (Å²) in [5, 5.41) is 11.4. The lowest BCUT2D eigenvalue weighted by Gasteiger charge is -2.20. The Morgan fingerprint density at radius 2 is 2.06 bits per heavy atom. The van der Waals surface area contributed by atoms with Crippen molar-refractivity contribution in [2.45, 2.75) is 45.3 Å². The first-order chi connectivity index (χ1) is 7.89. The second kappa shape index (κ2) is 8.27. The van der Waals surface area contributed by atoms with Gasteiger partial charge in [0, 0.05) is 13.7 Å². The highest BCUT2D eigenvalue weighted by Gasteiger charge is 2.15. The Kier molecular flexibility index (Phi) is 7.86. The molecule has 1 atom stereocenters. The van der Waals surface area contributed by atoms with Crippen LogP contribution in [0.2, 0.25) is 0 Å². The smallest absolute Gasteiger partial charge is 0.407 e. The van der Waals surface area contributed by atoms with Gasteiger partial charge in [0.15, 0.2) is 0 Å². The standard InChI is InChI=1S/C11H24N2O4/c1-11(2,3)17-10(14)12-7-5-6-9(13-15)8-16-4/h9,13,15H,5-8H2,1-4H3,(H,12,14). The Balaban J connectivity index is 3.60. The minimum atomic E-state index is -0.477. The van der Waals surface area contributed by atoms with E-state index in [-0.39, 0.29) is 6.04 Å². The van der Waals surface area contributed by atoms with Crippen molar-refractivity contribution < 1.29 is 19.5 Å². The number of carbonyl (C=O) groups is 1. The van der Waals surface area contributed by atoms with Crippen molar-refractivity contribution in [3.8, 4) is 0 Å². The van der Waals surface area contributed by atoms with E-state index < -0.39 is 11.7 Å². The minimum Gasteiger partial charge on any atom is -0.444 e. The van der Waals surface area contributed by atoms with E-state index in [0.717, 1.165) is 6.42 Å². The van der Waals surface area contributed by atoms with E-state index in [1.165, 1.54) is 0 Å². The van der Waals surface area contributed by atoms with Crippen LogP contribution in [-0.4, -0.2) is 43.2 Å². The normalized spacial score (nSPS) is 13.2. The SMILES string of the molecule is COCC(CCCNC(=O)OC(C)(C)C)NO. The third-order valence-electron chi connectivity index (χ3n) is 1.95. The zero-order chi connectivity index (χ0) is 13.3. The molecular weight excluding hydrogens is 224 g/mol. The molecule has 0 bridgehead atoms. The van der Waals surface area contributed by atoms with Crippen LogP contribution in [0.1, 0.15) is 33.6 Å². The number of nitrogens with one attached hydrogen (secondary N) is 2. The van der Waals surface area contributed by atoms with E-state index in [4.69, 9.17) is 14.7 Å². The predicted octanol–water partition coefficient (Wildman–Crippen LogP) is 1.29. The lowest BCUT2D eigenvalue weighted by Crippen LogP contribution is -2.34. The van der Waals surface area contributed by atoms with Crippen molar-refractivity contribution in [1.82, 2.24) is 10.8 Å². The first-order valence-electron chi connectivity index (χ1n) is 5.74. The number of alkyl carbamates (subject to hydrolysis) is 1. The summed E-state index contributed by atoms with van der Waals surface area (Å²) >= 11 is 0. The quantitative estimate of drug-likeness (QED) is 0.467. The molecule has 1 unspecified atom stereocenters. The molecule has 17 heavy (non-hydrogen) atoms. The Bertz CT molecular complexity index is 216. The molecule has 6 nitrogen and oxygen atoms in total. The highest BCUT2D eigenvalue weighted by atomic mass is 16.6. The molecule has 0 heterocycles. The molecule has 0 aliphatic carbocycles. The van der Waals surface area contributed by atoms with Gasteiger partial charge in [0.1, 0.15) is 5.60 Å². The molecule has 0 rings (SSSR count). The molecule has 0 aliphatic rings. The molecule has 0 aromatic heterocycles. The van der Waals surface area contributed by atoms with Gasteiger partial charge < -0.3 is 20.0 Å². The van der Waals surface area contributed by atoms with Crippen LogP contribution in [0.5, 0.6) is 0 Å². The highest BCUT2D eigenvalue weighted by molar-refractivity contribution is 5.67. The Morgan fingerprint density at radius 1 is 1.41 bits per heavy atom. The third-order valence-corrected chi connectivity index (χ3v) is 1.95. The fourth-order valence-corrected chi connectivity index (χ4v) is 1.24. The summed E-state index contributed by atoms with van der Waals surface area (Å²) in [5.41, 5.74) is 1.68. The first-order valence-corrected chi connectivity index (χ1v) is 5.74. The molecule has 102 valence electrons. The summed E-state index contributed by atoms with van der Waals surface area (Å²) in [6.07, 6.45) is 1.03. The van der Waals surface area contributed by atoms with Crippen LogP contribution < -0.4 is 10.8 Å². The Morgan fingerprint density at radius 3 is 2.53 bits per heavy atom. The second-order valence-corrected chi connectivity index (χ2v) is 4.85. The molecule has 0 spiro atoms. The number of hydroxylamine groups is 1. The molecule has 0 aromatic carbocycles. The molecule has 1 amide bonds. The van der Waals surface area contributed by atoms with Crippen LogP contribution in [0.4, 0.5) is 4.79 Å². The van der Waals surface area contributed by atoms with Crippen molar-refractivity contribution in [1.29, 1.82) is 0 Å². The molecule has 0 aromatic rings. The van der Waals surface area contributed by atoms with Crippen LogP contribution in [0.3, 0.4) is 0 Å². The molecule has 0 saturated heterocycles. The van der Waals surface area contributed by atoms with E-state index in [2.05, 4.69) is 10.8 Å². The number of hydrogen-bond donors (Lipinski definition) is 3. The zero-order valence-electron chi connectivity index (χ0n) is 11.1. The molecule has 0 saturated carbocycles. The van der Waals surface area contributed by atoms with E-state index in [1.54, 1.807) is 7.11 Å². The van der Waals surface area contributed by atoms with Crippen molar-refractivity contribution in [2.24, 2.45) is 0 Å². The van der Waals surface area contributed by atoms with E-state index in [1.807, 2.05) is 20.8 Å². The summed E-state index contributed by atoms with van der Waals surface area (Å²) in [5.74, 6) is 0. The molecule has 3 N–H and O–H groups in total. The molecule has 0 aliphatic heterocycles. The fourth-order valence-electron chi connectivity index (χ4n) is 1.24. The van der Waals surface area contributed by atoms with Gasteiger partial charge in [-0.1, -0.05) is 0 Å². The monoisotopic (exact) mass is 248 g/mol. The molecule has 6 heteroatoms. The number of ether oxygens (including phenoxy) is 2. The van der Waals surface area contributed by atoms with Gasteiger partial charge in [-0.2, -0.15) is 0 Å². The Labute approximate surface area is 103 Å². The largest absolute Gasteiger partial charge is 0.444 e. The van der Waals surface area contributed by atoms with Gasteiger partial charge in [-0.3, -0.25) is 0 Å². The van der Waals surface area contributed by atoms with Gasteiger partial charge in [-0.25, -0.2) is 10.3 Å². The van der Waals surface area contributed by atoms with Crippen molar-refractivity contribution in [3.63, 3.8) is 0 Å². The number of rotatable bonds is 7. The molecular formula is C11H24N2O4. The summed E-state index contributed by atoms with van der Waals surface area (Å²) in [6.45, 7) is 6.39. The van der Waals surface area contributed by atoms with E-state index in [0.29, 0.717) is 19.6 Å². The van der Waals surface area contributed by atoms with Gasteiger partial charge >= 0.3 is 6.09 Å². The first kappa shape index (κ1) is 16.1. The third kappa shape index (κ3) is 10.0. The van der Waals surface area contributed by atoms with Gasteiger partial charge in [0.05, 0.1) is 12.6 Å². The molecule has 0 radical (unpaired) electrons. The number of carbonyl (C=O) groups excluding carboxylic acids is 1. The van der Waals surface area contributed by atoms with Crippen molar-refractivity contribution in [2.75, 3.05) is 20.3 Å². The van der Waals surface area contributed by atoms with Gasteiger partial charge in [0.25, 0.3) is 0 Å². The summed E-state index contributed by atoms with van der Waals surface area (Å²) in [7, 11) is 1.57. The van der Waals surface area contributed by atoms with Gasteiger partial charge in [0.2, 0.25) is 0 Å². The van der Waals surface area contributed by atoms with Gasteiger partial charge in [-0.15, -0.1) is 0 Å². The number of hydrogen-bond acceptors (Lipinski definition) is 5. The maximum absolute atomic E-state index is 11.3. The number of methoxy groups -OCH3 is 1. The van der Waals surface area contributed by atoms with Crippen LogP contribution in [0.15, 0.2) is 0 Å². The van der Waals surface area contributed by atoms with Gasteiger partial charge in [-0.05, 0) is 33.6 Å².